The zero-order valence-corrected chi connectivity index (χ0v) is 19.2. The van der Waals surface area contributed by atoms with Gasteiger partial charge in [-0.05, 0) is 36.0 Å². The van der Waals surface area contributed by atoms with Crippen molar-refractivity contribution in [2.24, 2.45) is 0 Å². The van der Waals surface area contributed by atoms with Gasteiger partial charge in [0.1, 0.15) is 11.3 Å². The van der Waals surface area contributed by atoms with E-state index in [0.717, 1.165) is 29.0 Å². The first kappa shape index (κ1) is 21.4. The average molecular weight is 471 g/mol. The van der Waals surface area contributed by atoms with Crippen LogP contribution < -0.4 is 29.4 Å². The summed E-state index contributed by atoms with van der Waals surface area (Å²) in [7, 11) is 5.10. The van der Waals surface area contributed by atoms with Gasteiger partial charge in [0.15, 0.2) is 22.3 Å². The summed E-state index contributed by atoms with van der Waals surface area (Å²) in [6.45, 7) is 0.850. The molecule has 0 bridgehead atoms. The molecule has 0 aliphatic carbocycles. The Hall–Kier alpha value is -3.50. The predicted molar refractivity (Wildman–Crippen MR) is 122 cm³/mol. The van der Waals surface area contributed by atoms with Gasteiger partial charge in [0, 0.05) is 12.5 Å². The molecule has 1 unspecified atom stereocenters. The number of nitrogens with one attached hydrogen (secondary N) is 2. The number of aromatic amines is 1. The number of H-pyrrole nitrogens is 1. The number of quaternary nitrogens is 1. The Bertz CT molecular complexity index is 1370. The molecule has 2 aliphatic rings. The number of hydrogen-bond donors (Lipinski definition) is 3. The first-order valence-corrected chi connectivity index (χ1v) is 10.9. The van der Waals surface area contributed by atoms with E-state index in [1.807, 2.05) is 13.1 Å². The monoisotopic (exact) mass is 470 g/mol. The Balaban J connectivity index is 1.78. The predicted octanol–water partition coefficient (Wildman–Crippen LogP) is 1.51. The van der Waals surface area contributed by atoms with Crippen LogP contribution in [0, 0.1) is 4.77 Å². The van der Waals surface area contributed by atoms with E-state index in [4.69, 9.17) is 31.2 Å². The number of hydrogen-bond acceptors (Lipinski definition) is 7. The molecule has 5 rings (SSSR count). The Labute approximate surface area is 194 Å². The lowest BCUT2D eigenvalue weighted by Crippen LogP contribution is -3.10. The molecule has 3 N–H and O–H groups in total. The third kappa shape index (κ3) is 3.33. The second-order valence-corrected chi connectivity index (χ2v) is 8.42. The normalized spacial score (nSPS) is 18.6. The number of ether oxygens (including phenoxy) is 4. The highest BCUT2D eigenvalue weighted by molar-refractivity contribution is 7.71. The zero-order valence-electron chi connectivity index (χ0n) is 18.4. The third-order valence-electron chi connectivity index (χ3n) is 6.24. The number of aromatic nitrogens is 2. The Morgan fingerprint density at radius 1 is 1.21 bits per heavy atom. The molecule has 0 radical (unpaired) electrons. The fourth-order valence-electron chi connectivity index (χ4n) is 4.70. The quantitative estimate of drug-likeness (QED) is 0.497. The van der Waals surface area contributed by atoms with E-state index < -0.39 is 11.6 Å². The Kier molecular flexibility index (Phi) is 5.26. The largest absolute Gasteiger partial charge is 0.497 e. The molecule has 2 aliphatic heterocycles. The summed E-state index contributed by atoms with van der Waals surface area (Å²) in [5.41, 5.74) is 2.10. The van der Waals surface area contributed by atoms with Crippen LogP contribution in [0.2, 0.25) is 0 Å². The molecule has 33 heavy (non-hydrogen) atoms. The van der Waals surface area contributed by atoms with Gasteiger partial charge < -0.3 is 29.0 Å². The van der Waals surface area contributed by atoms with Gasteiger partial charge in [0.05, 0.1) is 39.1 Å². The number of likely N-dealkylation sites (N-methyl/N-ethyl adjacent to an activating group) is 1. The molecule has 0 amide bonds. The van der Waals surface area contributed by atoms with E-state index in [1.165, 1.54) is 4.57 Å². The maximum atomic E-state index is 13.2. The lowest BCUT2D eigenvalue weighted by Gasteiger charge is -2.33. The van der Waals surface area contributed by atoms with Crippen molar-refractivity contribution < 1.29 is 29.0 Å². The third-order valence-corrected chi connectivity index (χ3v) is 6.52. The molecule has 3 heterocycles. The first-order chi connectivity index (χ1) is 15.9. The van der Waals surface area contributed by atoms with Crippen LogP contribution in [0.4, 0.5) is 0 Å². The van der Waals surface area contributed by atoms with Gasteiger partial charge in [-0.25, -0.2) is 0 Å². The Morgan fingerprint density at radius 2 is 2.03 bits per heavy atom. The van der Waals surface area contributed by atoms with Crippen LogP contribution >= 0.6 is 12.2 Å². The summed E-state index contributed by atoms with van der Waals surface area (Å²) < 4.78 is 23.8. The lowest BCUT2D eigenvalue weighted by molar-refractivity contribution is -0.908. The molecule has 0 saturated carbocycles. The van der Waals surface area contributed by atoms with Crippen LogP contribution in [-0.2, 0) is 6.42 Å². The van der Waals surface area contributed by atoms with Crippen molar-refractivity contribution in [2.45, 2.75) is 12.5 Å². The maximum Gasteiger partial charge on any atom is 0.265 e. The van der Waals surface area contributed by atoms with E-state index in [1.54, 1.807) is 38.5 Å². The smallest absolute Gasteiger partial charge is 0.265 e. The van der Waals surface area contributed by atoms with Crippen molar-refractivity contribution in [1.29, 1.82) is 0 Å². The van der Waals surface area contributed by atoms with Crippen LogP contribution in [0.5, 0.6) is 28.9 Å². The summed E-state index contributed by atoms with van der Waals surface area (Å²) in [5, 5.41) is 11.4. The molecule has 172 valence electrons. The number of nitrogens with zero attached hydrogens (tertiary/aromatic N) is 1. The van der Waals surface area contributed by atoms with E-state index in [9.17, 15) is 9.90 Å². The van der Waals surface area contributed by atoms with Gasteiger partial charge in [-0.1, -0.05) is 6.07 Å². The molecule has 2 atom stereocenters. The van der Waals surface area contributed by atoms with E-state index in [-0.39, 0.29) is 23.0 Å². The first-order valence-electron chi connectivity index (χ1n) is 10.5. The molecule has 0 fully saturated rings. The molecular weight excluding hydrogens is 446 g/mol. The van der Waals surface area contributed by atoms with Gasteiger partial charge in [-0.15, -0.1) is 0 Å². The van der Waals surface area contributed by atoms with Gasteiger partial charge in [-0.2, -0.15) is 0 Å². The van der Waals surface area contributed by atoms with Crippen molar-refractivity contribution >= 4 is 12.2 Å². The van der Waals surface area contributed by atoms with Crippen LogP contribution in [0.15, 0.2) is 35.1 Å². The molecule has 3 aromatic rings. The highest BCUT2D eigenvalue weighted by Crippen LogP contribution is 2.48. The van der Waals surface area contributed by atoms with E-state index in [2.05, 4.69) is 4.98 Å². The second-order valence-electron chi connectivity index (χ2n) is 8.03. The van der Waals surface area contributed by atoms with E-state index >= 15 is 0 Å². The highest BCUT2D eigenvalue weighted by Gasteiger charge is 2.41. The standard InChI is InChI=1S/C23H23N3O6S/c1-25-8-7-12-9-15-19(32-11-31-15)20(30-3)16(12)18(25)17-21(27)24-23(33)26(22(17)28)13-5-4-6-14(10-13)29-2/h4-6,9-10,18,28H,7-8,11H2,1-3H3,(H,24,27,33)/p+1/t18-/m1/s1. The molecule has 0 spiro atoms. The minimum atomic E-state index is -0.519. The SMILES string of the molecule is COc1cccc(-n2c(O)c([C@H]3c4c(cc5c(c4OC)OCO5)CC[NH+]3C)c(=O)[nH]c2=S)c1. The van der Waals surface area contributed by atoms with Gasteiger partial charge in [0.25, 0.3) is 5.56 Å². The minimum Gasteiger partial charge on any atom is -0.497 e. The summed E-state index contributed by atoms with van der Waals surface area (Å²) in [5.74, 6) is 2.01. The van der Waals surface area contributed by atoms with Crippen molar-refractivity contribution in [3.8, 4) is 34.6 Å². The maximum absolute atomic E-state index is 13.2. The highest BCUT2D eigenvalue weighted by atomic mass is 32.1. The van der Waals surface area contributed by atoms with Crippen molar-refractivity contribution in [2.75, 3.05) is 34.6 Å². The number of benzene rings is 2. The van der Waals surface area contributed by atoms with Gasteiger partial charge >= 0.3 is 0 Å². The van der Waals surface area contributed by atoms with Crippen LogP contribution in [0.25, 0.3) is 5.69 Å². The molecule has 9 nitrogen and oxygen atoms in total. The minimum absolute atomic E-state index is 0.0841. The molecule has 2 aromatic carbocycles. The van der Waals surface area contributed by atoms with Gasteiger partial charge in [0.2, 0.25) is 18.4 Å². The molecule has 0 saturated heterocycles. The zero-order chi connectivity index (χ0) is 23.3. The Morgan fingerprint density at radius 3 is 2.79 bits per heavy atom. The van der Waals surface area contributed by atoms with Crippen LogP contribution in [0.1, 0.15) is 22.7 Å². The van der Waals surface area contributed by atoms with Gasteiger partial charge in [-0.3, -0.25) is 14.3 Å². The van der Waals surface area contributed by atoms with E-state index in [0.29, 0.717) is 28.7 Å². The number of fused-ring (bicyclic) bond motifs is 2. The fourth-order valence-corrected chi connectivity index (χ4v) is 4.99. The molecule has 1 aromatic heterocycles. The number of methoxy groups -OCH3 is 2. The summed E-state index contributed by atoms with van der Waals surface area (Å²) in [6.07, 6.45) is 0.762. The fraction of sp³-hybridized carbons (Fsp3) is 0.304. The van der Waals surface area contributed by atoms with Crippen molar-refractivity contribution in [3.63, 3.8) is 0 Å². The summed E-state index contributed by atoms with van der Waals surface area (Å²) in [4.78, 5) is 17.0. The number of aromatic hydroxyl groups is 1. The van der Waals surface area contributed by atoms with Crippen molar-refractivity contribution in [1.82, 2.24) is 9.55 Å². The molecular formula is C23H24N3O6S+. The lowest BCUT2D eigenvalue weighted by atomic mass is 9.87. The number of rotatable bonds is 4. The second kappa shape index (κ2) is 8.13. The topological polar surface area (TPSA) is 99.4 Å². The summed E-state index contributed by atoms with van der Waals surface area (Å²) >= 11 is 5.41. The molecule has 10 heteroatoms. The average Bonchev–Trinajstić information content (AvgIpc) is 3.27. The van der Waals surface area contributed by atoms with Crippen LogP contribution in [-0.4, -0.2) is 49.3 Å². The van der Waals surface area contributed by atoms with Crippen molar-refractivity contribution in [3.05, 3.63) is 62.1 Å². The van der Waals surface area contributed by atoms with Crippen LogP contribution in [0.3, 0.4) is 0 Å². The summed E-state index contributed by atoms with van der Waals surface area (Å²) in [6, 6.07) is 8.51.